The highest BCUT2D eigenvalue weighted by Gasteiger charge is 2.32. The van der Waals surface area contributed by atoms with Crippen LogP contribution in [0.1, 0.15) is 36.3 Å². The number of carbonyl (C=O) groups is 1. The summed E-state index contributed by atoms with van der Waals surface area (Å²) in [5.41, 5.74) is 9.10. The zero-order valence-corrected chi connectivity index (χ0v) is 20.8. The van der Waals surface area contributed by atoms with Crippen LogP contribution in [-0.2, 0) is 22.4 Å². The largest absolute Gasteiger partial charge is 0.489 e. The number of thiophene rings is 1. The molecule has 184 valence electrons. The third-order valence-corrected chi connectivity index (χ3v) is 7.64. The van der Waals surface area contributed by atoms with Crippen molar-refractivity contribution in [2.75, 3.05) is 37.4 Å². The number of carbonyl (C=O) groups excluding carboxylic acids is 1. The smallest absolute Gasteiger partial charge is 0.226 e. The number of aromatic nitrogens is 2. The average molecular weight is 495 g/mol. The molecule has 35 heavy (non-hydrogen) atoms. The highest BCUT2D eigenvalue weighted by atomic mass is 32.1. The number of benzene rings is 1. The van der Waals surface area contributed by atoms with Crippen molar-refractivity contribution in [1.82, 2.24) is 14.9 Å². The molecule has 1 aliphatic carbocycles. The first-order chi connectivity index (χ1) is 16.9. The van der Waals surface area contributed by atoms with Crippen molar-refractivity contribution in [3.05, 3.63) is 34.5 Å². The monoisotopic (exact) mass is 494 g/mol. The van der Waals surface area contributed by atoms with Crippen LogP contribution in [0.25, 0.3) is 10.2 Å². The second-order valence-electron chi connectivity index (χ2n) is 9.20. The first-order valence-electron chi connectivity index (χ1n) is 11.9. The average Bonchev–Trinajstić information content (AvgIpc) is 3.24. The lowest BCUT2D eigenvalue weighted by atomic mass is 9.86. The quantitative estimate of drug-likeness (QED) is 0.352. The summed E-state index contributed by atoms with van der Waals surface area (Å²) >= 11 is 1.64. The van der Waals surface area contributed by atoms with Gasteiger partial charge >= 0.3 is 0 Å². The molecule has 2 aromatic heterocycles. The Labute approximate surface area is 208 Å². The molecule has 0 saturated carbocycles. The number of ether oxygens (including phenoxy) is 2. The van der Waals surface area contributed by atoms with Gasteiger partial charge in [-0.3, -0.25) is 4.79 Å². The lowest BCUT2D eigenvalue weighted by Gasteiger charge is -2.32. The molecule has 1 aromatic carbocycles. The number of nitrogen functional groups attached to an aromatic ring is 1. The van der Waals surface area contributed by atoms with Gasteiger partial charge in [-0.05, 0) is 44.7 Å². The number of anilines is 3. The minimum atomic E-state index is -0.0407. The predicted molar refractivity (Wildman–Crippen MR) is 138 cm³/mol. The van der Waals surface area contributed by atoms with Crippen molar-refractivity contribution < 1.29 is 14.3 Å². The second kappa shape index (κ2) is 9.79. The Morgan fingerprint density at radius 3 is 2.89 bits per heavy atom. The van der Waals surface area contributed by atoms with E-state index >= 15 is 0 Å². The predicted octanol–water partition coefficient (Wildman–Crippen LogP) is 3.77. The Hall–Kier alpha value is -3.24. The fraction of sp³-hybridized carbons (Fsp3) is 0.440. The number of fused-ring (bicyclic) bond motifs is 3. The van der Waals surface area contributed by atoms with Crippen molar-refractivity contribution in [1.29, 1.82) is 5.41 Å². The molecule has 1 aliphatic heterocycles. The number of hydrogen-bond donors (Lipinski definition) is 3. The minimum absolute atomic E-state index is 0.00340. The van der Waals surface area contributed by atoms with E-state index in [1.807, 2.05) is 24.8 Å². The summed E-state index contributed by atoms with van der Waals surface area (Å²) in [5, 5.41) is 12.1. The van der Waals surface area contributed by atoms with E-state index in [1.165, 1.54) is 16.7 Å². The van der Waals surface area contributed by atoms with E-state index < -0.39 is 0 Å². The summed E-state index contributed by atoms with van der Waals surface area (Å²) in [5.74, 6) is 1.53. The summed E-state index contributed by atoms with van der Waals surface area (Å²) in [6.07, 6.45) is 5.09. The maximum absolute atomic E-state index is 13.1. The molecule has 1 unspecified atom stereocenters. The van der Waals surface area contributed by atoms with Crippen molar-refractivity contribution in [2.45, 2.75) is 39.2 Å². The topological polar surface area (TPSA) is 126 Å². The van der Waals surface area contributed by atoms with Gasteiger partial charge in [0, 0.05) is 47.4 Å². The molecule has 1 amide bonds. The van der Waals surface area contributed by atoms with E-state index in [4.69, 9.17) is 20.6 Å². The molecule has 0 radical (unpaired) electrons. The molecule has 0 bridgehead atoms. The molecule has 2 aliphatic rings. The number of morpholine rings is 1. The van der Waals surface area contributed by atoms with Gasteiger partial charge in [0.15, 0.2) is 0 Å². The van der Waals surface area contributed by atoms with Gasteiger partial charge in [0.25, 0.3) is 0 Å². The van der Waals surface area contributed by atoms with Crippen LogP contribution in [0, 0.1) is 11.3 Å². The summed E-state index contributed by atoms with van der Waals surface area (Å²) < 4.78 is 11.4. The van der Waals surface area contributed by atoms with E-state index in [1.54, 1.807) is 23.7 Å². The third-order valence-electron chi connectivity index (χ3n) is 6.47. The van der Waals surface area contributed by atoms with Crippen LogP contribution in [0.2, 0.25) is 0 Å². The molecule has 1 saturated heterocycles. The molecule has 1 atom stereocenters. The summed E-state index contributed by atoms with van der Waals surface area (Å²) in [7, 11) is 0. The van der Waals surface area contributed by atoms with Crippen LogP contribution in [0.15, 0.2) is 18.5 Å². The molecule has 3 aromatic rings. The molecule has 3 heterocycles. The van der Waals surface area contributed by atoms with Gasteiger partial charge in [-0.2, -0.15) is 0 Å². The zero-order chi connectivity index (χ0) is 24.5. The maximum Gasteiger partial charge on any atom is 0.226 e. The second-order valence-corrected chi connectivity index (χ2v) is 10.3. The van der Waals surface area contributed by atoms with Crippen molar-refractivity contribution in [3.8, 4) is 5.75 Å². The number of nitrogens with one attached hydrogen (secondary N) is 2. The van der Waals surface area contributed by atoms with Crippen LogP contribution in [0.5, 0.6) is 5.75 Å². The Bertz CT molecular complexity index is 1270. The van der Waals surface area contributed by atoms with Gasteiger partial charge in [-0.25, -0.2) is 9.97 Å². The first-order valence-corrected chi connectivity index (χ1v) is 12.8. The number of amides is 1. The van der Waals surface area contributed by atoms with Crippen molar-refractivity contribution in [3.63, 3.8) is 0 Å². The van der Waals surface area contributed by atoms with E-state index in [0.717, 1.165) is 29.5 Å². The fourth-order valence-electron chi connectivity index (χ4n) is 4.77. The number of hydrogen-bond acceptors (Lipinski definition) is 9. The molecule has 9 nitrogen and oxygen atoms in total. The Morgan fingerprint density at radius 2 is 2.14 bits per heavy atom. The summed E-state index contributed by atoms with van der Waals surface area (Å²) in [4.78, 5) is 26.2. The Morgan fingerprint density at radius 1 is 1.34 bits per heavy atom. The number of nitrogens with zero attached hydrogens (tertiary/aromatic N) is 3. The SMILES string of the molecule is CC(C)Oc1cc(N)c(C=N)cc1Nc1ncnc2sc3c(c12)CCC(C(=O)N1CCOCC1)C3. The standard InChI is InChI=1S/C25H30N6O3S/c1-14(2)34-20-11-18(27)16(12-26)9-19(20)30-23-22-17-4-3-15(25(32)31-5-7-33-8-6-31)10-21(17)35-24(22)29-13-28-23/h9,11-15,26H,3-8,10,27H2,1-2H3,(H,28,29,30). The highest BCUT2D eigenvalue weighted by Crippen LogP contribution is 2.42. The van der Waals surface area contributed by atoms with Crippen LogP contribution < -0.4 is 15.8 Å². The van der Waals surface area contributed by atoms with Crippen LogP contribution in [0.4, 0.5) is 17.2 Å². The molecular formula is C25H30N6O3S. The maximum atomic E-state index is 13.1. The molecular weight excluding hydrogens is 464 g/mol. The summed E-state index contributed by atoms with van der Waals surface area (Å²) in [6.45, 7) is 6.49. The number of rotatable bonds is 6. The fourth-order valence-corrected chi connectivity index (χ4v) is 6.04. The van der Waals surface area contributed by atoms with Gasteiger partial charge in [0.2, 0.25) is 5.91 Å². The van der Waals surface area contributed by atoms with Crippen LogP contribution in [-0.4, -0.2) is 59.4 Å². The van der Waals surface area contributed by atoms with Gasteiger partial charge < -0.3 is 30.8 Å². The number of aryl methyl sites for hydroxylation is 1. The third kappa shape index (κ3) is 4.68. The molecule has 5 rings (SSSR count). The summed E-state index contributed by atoms with van der Waals surface area (Å²) in [6, 6.07) is 3.55. The lowest BCUT2D eigenvalue weighted by Crippen LogP contribution is -2.44. The molecule has 1 fully saturated rings. The Balaban J connectivity index is 1.46. The lowest BCUT2D eigenvalue weighted by molar-refractivity contribution is -0.140. The molecule has 4 N–H and O–H groups in total. The van der Waals surface area contributed by atoms with Gasteiger partial charge in [-0.15, -0.1) is 11.3 Å². The molecule has 0 spiro atoms. The van der Waals surface area contributed by atoms with Gasteiger partial charge in [0.1, 0.15) is 22.7 Å². The van der Waals surface area contributed by atoms with Crippen LogP contribution >= 0.6 is 11.3 Å². The molecule has 10 heteroatoms. The van der Waals surface area contributed by atoms with Crippen LogP contribution in [0.3, 0.4) is 0 Å². The van der Waals surface area contributed by atoms with E-state index in [-0.39, 0.29) is 17.9 Å². The highest BCUT2D eigenvalue weighted by molar-refractivity contribution is 7.19. The van der Waals surface area contributed by atoms with E-state index in [0.29, 0.717) is 54.8 Å². The zero-order valence-electron chi connectivity index (χ0n) is 20.0. The number of nitrogens with two attached hydrogens (primary N) is 1. The Kier molecular flexibility index (Phi) is 6.57. The minimum Gasteiger partial charge on any atom is -0.489 e. The van der Waals surface area contributed by atoms with Gasteiger partial charge in [-0.1, -0.05) is 0 Å². The van der Waals surface area contributed by atoms with E-state index in [9.17, 15) is 4.79 Å². The van der Waals surface area contributed by atoms with Crippen molar-refractivity contribution in [2.24, 2.45) is 5.92 Å². The van der Waals surface area contributed by atoms with Crippen molar-refractivity contribution >= 4 is 50.9 Å². The normalized spacial score (nSPS) is 17.9. The van der Waals surface area contributed by atoms with Gasteiger partial charge in [0.05, 0.1) is 30.4 Å². The van der Waals surface area contributed by atoms with E-state index in [2.05, 4.69) is 15.3 Å². The first kappa shape index (κ1) is 23.5.